The number of nitrogens with one attached hydrogen (secondary N) is 3. The molecule has 3 aliphatic heterocycles. The monoisotopic (exact) mass is 859 g/mol. The predicted molar refractivity (Wildman–Crippen MR) is 240 cm³/mol. The van der Waals surface area contributed by atoms with E-state index in [0.717, 1.165) is 61.2 Å². The molecule has 0 aliphatic carbocycles. The molecule has 4 aromatic carbocycles. The maximum Gasteiger partial charge on any atom is 0.407 e. The Balaban J connectivity index is 0.978. The fourth-order valence-corrected chi connectivity index (χ4v) is 8.99. The standard InChI is InChI=1S/C49H58FN7O6/c1-3-41(53-49(62)63-2)47(60)56-30-10-14-42(56)45(58)51-38-22-16-34(17-23-38)32-55(40-26-20-37(50)21-27-40)33-35-18-24-39(25-19-35)52-46(59)43-15-11-31-57(43)48(61)44(36-12-6-4-7-13-36)54-28-8-5-9-29-54/h4,6-7,12-13,16-27,41-44H,3,5,8-11,14-15,28-33H2,1-2H3,(H,51,58)(H,52,59)(H,53,62)/t41-,42-,43?,44+/m0/s1. The number of hydrogen-bond donors (Lipinski definition) is 3. The maximum absolute atomic E-state index is 14.3. The molecule has 5 amide bonds. The van der Waals surface area contributed by atoms with Crippen LogP contribution in [-0.2, 0) is 37.0 Å². The van der Waals surface area contributed by atoms with Crippen molar-refractivity contribution in [1.29, 1.82) is 0 Å². The van der Waals surface area contributed by atoms with Crippen molar-refractivity contribution in [2.45, 2.75) is 95.5 Å². The molecule has 4 atom stereocenters. The van der Waals surface area contributed by atoms with Crippen LogP contribution in [0.15, 0.2) is 103 Å². The maximum atomic E-state index is 14.3. The molecule has 3 saturated heterocycles. The van der Waals surface area contributed by atoms with Crippen LogP contribution in [0.2, 0.25) is 0 Å². The van der Waals surface area contributed by atoms with Crippen molar-refractivity contribution in [3.05, 3.63) is 126 Å². The Labute approximate surface area is 368 Å². The molecule has 3 fully saturated rings. The zero-order valence-corrected chi connectivity index (χ0v) is 36.1. The number of rotatable bonds is 15. The molecule has 13 nitrogen and oxygen atoms in total. The van der Waals surface area contributed by atoms with Crippen molar-refractivity contribution in [3.8, 4) is 0 Å². The molecule has 3 heterocycles. The van der Waals surface area contributed by atoms with E-state index in [1.807, 2.05) is 78.9 Å². The van der Waals surface area contributed by atoms with Gasteiger partial charge in [-0.3, -0.25) is 24.1 Å². The molecule has 0 spiro atoms. The highest BCUT2D eigenvalue weighted by Gasteiger charge is 2.40. The van der Waals surface area contributed by atoms with Crippen LogP contribution in [0.3, 0.4) is 0 Å². The van der Waals surface area contributed by atoms with E-state index >= 15 is 0 Å². The lowest BCUT2D eigenvalue weighted by Gasteiger charge is -2.37. The van der Waals surface area contributed by atoms with Crippen molar-refractivity contribution >= 4 is 46.8 Å². The molecule has 0 radical (unpaired) electrons. The molecule has 7 rings (SSSR count). The minimum absolute atomic E-state index is 0.0157. The highest BCUT2D eigenvalue weighted by atomic mass is 19.1. The number of halogens is 1. The summed E-state index contributed by atoms with van der Waals surface area (Å²) in [5, 5.41) is 8.59. The molecule has 0 bridgehead atoms. The third kappa shape index (κ3) is 11.2. The van der Waals surface area contributed by atoms with Gasteiger partial charge in [-0.1, -0.05) is 67.9 Å². The molecular formula is C49H58FN7O6. The van der Waals surface area contributed by atoms with Crippen LogP contribution in [0.4, 0.5) is 26.2 Å². The van der Waals surface area contributed by atoms with Gasteiger partial charge in [-0.15, -0.1) is 0 Å². The summed E-state index contributed by atoms with van der Waals surface area (Å²) in [5.41, 5.74) is 4.91. The van der Waals surface area contributed by atoms with Gasteiger partial charge in [0.2, 0.25) is 23.6 Å². The van der Waals surface area contributed by atoms with E-state index in [1.54, 1.807) is 24.0 Å². The smallest absolute Gasteiger partial charge is 0.407 e. The Morgan fingerprint density at radius 2 is 1.19 bits per heavy atom. The highest BCUT2D eigenvalue weighted by Crippen LogP contribution is 2.31. The minimum Gasteiger partial charge on any atom is -0.453 e. The Kier molecular flexibility index (Phi) is 15.1. The van der Waals surface area contributed by atoms with E-state index in [-0.39, 0.29) is 29.4 Å². The van der Waals surface area contributed by atoms with Gasteiger partial charge in [0.05, 0.1) is 7.11 Å². The zero-order valence-electron chi connectivity index (χ0n) is 36.1. The summed E-state index contributed by atoms with van der Waals surface area (Å²) in [6.45, 7) is 5.42. The SMILES string of the molecule is CC[C@H](NC(=O)OC)C(=O)N1CCC[C@H]1C(=O)Nc1ccc(CN(Cc2ccc(NC(=O)C3CCCN3C(=O)[C@@H](c3ccccc3)N3CCCCC3)cc2)c2ccc(F)cc2)cc1. The predicted octanol–water partition coefficient (Wildman–Crippen LogP) is 7.25. The van der Waals surface area contributed by atoms with Crippen LogP contribution in [0.5, 0.6) is 0 Å². The van der Waals surface area contributed by atoms with Gasteiger partial charge in [0.1, 0.15) is 30.0 Å². The molecule has 0 aromatic heterocycles. The van der Waals surface area contributed by atoms with Crippen molar-refractivity contribution in [2.75, 3.05) is 48.8 Å². The topological polar surface area (TPSA) is 144 Å². The molecule has 3 N–H and O–H groups in total. The first-order valence-corrected chi connectivity index (χ1v) is 22.2. The first kappa shape index (κ1) is 44.8. The normalized spacial score (nSPS) is 18.6. The fourth-order valence-electron chi connectivity index (χ4n) is 8.99. The fraction of sp³-hybridized carbons (Fsp3) is 0.408. The highest BCUT2D eigenvalue weighted by molar-refractivity contribution is 5.99. The lowest BCUT2D eigenvalue weighted by molar-refractivity contribution is -0.142. The van der Waals surface area contributed by atoms with E-state index in [4.69, 9.17) is 0 Å². The van der Waals surface area contributed by atoms with Crippen LogP contribution in [0, 0.1) is 5.82 Å². The molecule has 3 aliphatic rings. The van der Waals surface area contributed by atoms with Crippen molar-refractivity contribution in [3.63, 3.8) is 0 Å². The quantitative estimate of drug-likeness (QED) is 0.114. The molecular weight excluding hydrogens is 802 g/mol. The van der Waals surface area contributed by atoms with Crippen LogP contribution < -0.4 is 20.9 Å². The summed E-state index contributed by atoms with van der Waals surface area (Å²) in [5.74, 6) is -1.17. The third-order valence-electron chi connectivity index (χ3n) is 12.3. The van der Waals surface area contributed by atoms with E-state index in [9.17, 15) is 28.4 Å². The number of piperidine rings is 1. The van der Waals surface area contributed by atoms with E-state index in [0.29, 0.717) is 63.2 Å². The Bertz CT molecular complexity index is 2180. The largest absolute Gasteiger partial charge is 0.453 e. The van der Waals surface area contributed by atoms with E-state index in [2.05, 4.69) is 30.5 Å². The van der Waals surface area contributed by atoms with Crippen LogP contribution >= 0.6 is 0 Å². The molecule has 0 saturated carbocycles. The van der Waals surface area contributed by atoms with E-state index in [1.165, 1.54) is 24.1 Å². The second kappa shape index (κ2) is 21.2. The molecule has 1 unspecified atom stereocenters. The third-order valence-corrected chi connectivity index (χ3v) is 12.3. The number of alkyl carbamates (subject to hydrolysis) is 1. The number of methoxy groups -OCH3 is 1. The second-order valence-corrected chi connectivity index (χ2v) is 16.6. The number of likely N-dealkylation sites (tertiary alicyclic amines) is 3. The summed E-state index contributed by atoms with van der Waals surface area (Å²) in [4.78, 5) is 74.2. The molecule has 332 valence electrons. The molecule has 4 aromatic rings. The average molecular weight is 860 g/mol. The molecule has 14 heteroatoms. The number of ether oxygens (including phenoxy) is 1. The van der Waals surface area contributed by atoms with E-state index < -0.39 is 30.3 Å². The Hall–Kier alpha value is -6.28. The van der Waals surface area contributed by atoms with Gasteiger partial charge in [0, 0.05) is 43.2 Å². The number of amides is 5. The second-order valence-electron chi connectivity index (χ2n) is 16.6. The first-order chi connectivity index (χ1) is 30.6. The van der Waals surface area contributed by atoms with Gasteiger partial charge in [0.25, 0.3) is 0 Å². The number of carbonyl (C=O) groups excluding carboxylic acids is 5. The van der Waals surface area contributed by atoms with Gasteiger partial charge in [0.15, 0.2) is 0 Å². The average Bonchev–Trinajstić information content (AvgIpc) is 4.02. The number of nitrogens with zero attached hydrogens (tertiary/aromatic N) is 4. The van der Waals surface area contributed by atoms with Crippen LogP contribution in [0.1, 0.15) is 81.0 Å². The first-order valence-electron chi connectivity index (χ1n) is 22.2. The number of benzene rings is 4. The van der Waals surface area contributed by atoms with Crippen LogP contribution in [0.25, 0.3) is 0 Å². The Morgan fingerprint density at radius 1 is 0.667 bits per heavy atom. The number of hydrogen-bond acceptors (Lipinski definition) is 8. The van der Waals surface area contributed by atoms with Gasteiger partial charge in [-0.2, -0.15) is 0 Å². The number of anilines is 3. The van der Waals surface area contributed by atoms with Gasteiger partial charge >= 0.3 is 6.09 Å². The van der Waals surface area contributed by atoms with Crippen molar-refractivity contribution in [2.24, 2.45) is 0 Å². The lowest BCUT2D eigenvalue weighted by Crippen LogP contribution is -2.52. The van der Waals surface area contributed by atoms with Crippen molar-refractivity contribution in [1.82, 2.24) is 20.0 Å². The molecule has 63 heavy (non-hydrogen) atoms. The summed E-state index contributed by atoms with van der Waals surface area (Å²) < 4.78 is 18.7. The summed E-state index contributed by atoms with van der Waals surface area (Å²) in [7, 11) is 1.24. The van der Waals surface area contributed by atoms with Crippen LogP contribution in [-0.4, -0.2) is 95.8 Å². The summed E-state index contributed by atoms with van der Waals surface area (Å²) >= 11 is 0. The van der Waals surface area contributed by atoms with Crippen molar-refractivity contribution < 1.29 is 33.1 Å². The number of carbonyl (C=O) groups is 5. The van der Waals surface area contributed by atoms with Gasteiger partial charge < -0.3 is 35.4 Å². The Morgan fingerprint density at radius 3 is 1.70 bits per heavy atom. The summed E-state index contributed by atoms with van der Waals surface area (Å²) in [6, 6.07) is 28.9. The lowest BCUT2D eigenvalue weighted by atomic mass is 10.00. The summed E-state index contributed by atoms with van der Waals surface area (Å²) in [6.07, 6.45) is 5.49. The van der Waals surface area contributed by atoms with Gasteiger partial charge in [-0.25, -0.2) is 9.18 Å². The van der Waals surface area contributed by atoms with Gasteiger partial charge in [-0.05, 0) is 123 Å². The zero-order chi connectivity index (χ0) is 44.3. The minimum atomic E-state index is -0.789.